The lowest BCUT2D eigenvalue weighted by atomic mass is 10.1. The third kappa shape index (κ3) is 3.31. The van der Waals surface area contributed by atoms with Crippen LogP contribution in [0.15, 0.2) is 24.3 Å². The normalized spacial score (nSPS) is 14.4. The van der Waals surface area contributed by atoms with E-state index < -0.39 is 17.9 Å². The molecule has 1 heterocycles. The van der Waals surface area contributed by atoms with Crippen LogP contribution in [0, 0.1) is 0 Å². The van der Waals surface area contributed by atoms with Crippen LogP contribution in [-0.4, -0.2) is 47.4 Å². The summed E-state index contributed by atoms with van der Waals surface area (Å²) in [6.45, 7) is 0.0165. The summed E-state index contributed by atoms with van der Waals surface area (Å²) >= 11 is 0. The number of fused-ring (bicyclic) bond motifs is 1. The smallest absolute Gasteiger partial charge is 0.262 e. The highest BCUT2D eigenvalue weighted by Crippen LogP contribution is 2.26. The van der Waals surface area contributed by atoms with Gasteiger partial charge in [0.1, 0.15) is 6.04 Å². The number of likely N-dealkylation sites (N-methyl/N-ethyl adjacent to an activating group) is 1. The zero-order valence-corrected chi connectivity index (χ0v) is 13.3. The Bertz CT molecular complexity index is 541. The first-order valence-electron chi connectivity index (χ1n) is 6.91. The quantitative estimate of drug-likeness (QED) is 0.595. The molecular weight excluding hydrogens is 304 g/mol. The predicted molar refractivity (Wildman–Crippen MR) is 86.1 cm³/mol. The summed E-state index contributed by atoms with van der Waals surface area (Å²) in [5.41, 5.74) is 0.664. The zero-order valence-electron chi connectivity index (χ0n) is 12.3. The molecule has 0 saturated heterocycles. The molecule has 0 aliphatic carbocycles. The van der Waals surface area contributed by atoms with Crippen molar-refractivity contribution < 1.29 is 19.5 Å². The molecule has 0 unspecified atom stereocenters. The molecule has 0 bridgehead atoms. The maximum atomic E-state index is 12.4. The highest BCUT2D eigenvalue weighted by atomic mass is 32.1. The van der Waals surface area contributed by atoms with Crippen molar-refractivity contribution in [3.05, 3.63) is 35.4 Å². The van der Waals surface area contributed by atoms with Gasteiger partial charge in [-0.05, 0) is 31.4 Å². The molecule has 120 valence electrons. The highest BCUT2D eigenvalue weighted by Gasteiger charge is 2.41. The molecule has 0 fully saturated rings. The molecule has 0 spiro atoms. The molecule has 2 N–H and O–H groups in total. The lowest BCUT2D eigenvalue weighted by Crippen LogP contribution is -2.48. The van der Waals surface area contributed by atoms with E-state index >= 15 is 0 Å². The van der Waals surface area contributed by atoms with E-state index in [0.29, 0.717) is 30.4 Å². The minimum Gasteiger partial charge on any atom is -0.396 e. The lowest BCUT2D eigenvalue weighted by molar-refractivity contribution is -0.124. The van der Waals surface area contributed by atoms with E-state index in [4.69, 9.17) is 5.11 Å². The van der Waals surface area contributed by atoms with Crippen LogP contribution >= 0.6 is 13.5 Å². The SMILES string of the molecule is CNC(=O)[C@H](CCCCO)N1C(=O)c2ccccc2C1=O.S. The van der Waals surface area contributed by atoms with Crippen LogP contribution < -0.4 is 5.32 Å². The number of carbonyl (C=O) groups excluding carboxylic acids is 3. The Morgan fingerprint density at radius 3 is 2.18 bits per heavy atom. The minimum atomic E-state index is -0.839. The Morgan fingerprint density at radius 2 is 1.73 bits per heavy atom. The summed E-state index contributed by atoms with van der Waals surface area (Å²) < 4.78 is 0. The molecular formula is C15H20N2O4S. The average molecular weight is 324 g/mol. The van der Waals surface area contributed by atoms with E-state index in [1.165, 1.54) is 7.05 Å². The van der Waals surface area contributed by atoms with E-state index in [1.807, 2.05) is 0 Å². The maximum Gasteiger partial charge on any atom is 0.262 e. The van der Waals surface area contributed by atoms with Crippen molar-refractivity contribution in [3.8, 4) is 0 Å². The number of carbonyl (C=O) groups is 3. The molecule has 0 radical (unpaired) electrons. The molecule has 0 aromatic heterocycles. The van der Waals surface area contributed by atoms with Crippen LogP contribution in [0.4, 0.5) is 0 Å². The van der Waals surface area contributed by atoms with Crippen LogP contribution in [0.2, 0.25) is 0 Å². The van der Waals surface area contributed by atoms with Crippen molar-refractivity contribution in [1.29, 1.82) is 0 Å². The molecule has 2 rings (SSSR count). The molecule has 1 aliphatic heterocycles. The van der Waals surface area contributed by atoms with Gasteiger partial charge in [0.25, 0.3) is 11.8 Å². The van der Waals surface area contributed by atoms with Gasteiger partial charge in [-0.2, -0.15) is 13.5 Å². The number of rotatable bonds is 6. The van der Waals surface area contributed by atoms with Gasteiger partial charge in [-0.3, -0.25) is 19.3 Å². The first-order valence-corrected chi connectivity index (χ1v) is 6.91. The number of imide groups is 1. The van der Waals surface area contributed by atoms with Gasteiger partial charge in [0, 0.05) is 13.7 Å². The van der Waals surface area contributed by atoms with Crippen molar-refractivity contribution in [3.63, 3.8) is 0 Å². The van der Waals surface area contributed by atoms with Crippen molar-refractivity contribution >= 4 is 31.2 Å². The summed E-state index contributed by atoms with van der Waals surface area (Å²) in [5.74, 6) is -1.25. The average Bonchev–Trinajstić information content (AvgIpc) is 2.76. The summed E-state index contributed by atoms with van der Waals surface area (Å²) in [4.78, 5) is 37.8. The molecule has 0 saturated carbocycles. The van der Waals surface area contributed by atoms with Gasteiger partial charge in [0.2, 0.25) is 5.91 Å². The van der Waals surface area contributed by atoms with Crippen LogP contribution in [-0.2, 0) is 4.79 Å². The fourth-order valence-corrected chi connectivity index (χ4v) is 2.48. The second-order valence-electron chi connectivity index (χ2n) is 4.88. The zero-order chi connectivity index (χ0) is 15.4. The Labute approximate surface area is 135 Å². The second-order valence-corrected chi connectivity index (χ2v) is 4.88. The molecule has 1 atom stereocenters. The molecule has 22 heavy (non-hydrogen) atoms. The van der Waals surface area contributed by atoms with E-state index in [2.05, 4.69) is 5.32 Å². The number of hydrogen-bond donors (Lipinski definition) is 2. The van der Waals surface area contributed by atoms with Crippen LogP contribution in [0.25, 0.3) is 0 Å². The molecule has 1 aliphatic rings. The fourth-order valence-electron chi connectivity index (χ4n) is 2.48. The van der Waals surface area contributed by atoms with E-state index in [-0.39, 0.29) is 26.0 Å². The minimum absolute atomic E-state index is 0. The number of nitrogens with zero attached hydrogens (tertiary/aromatic N) is 1. The standard InChI is InChI=1S/C15H18N2O4.H2S/c1-16-13(19)12(8-4-5-9-18)17-14(20)10-6-2-3-7-11(10)15(17)21;/h2-3,6-7,12,18H,4-5,8-9H2,1H3,(H,16,19);1H2/t12-;/m0./s1. The van der Waals surface area contributed by atoms with Gasteiger partial charge in [-0.15, -0.1) is 0 Å². The topological polar surface area (TPSA) is 86.7 Å². The maximum absolute atomic E-state index is 12.4. The lowest BCUT2D eigenvalue weighted by Gasteiger charge is -2.24. The molecule has 1 aromatic rings. The van der Waals surface area contributed by atoms with Crippen LogP contribution in [0.5, 0.6) is 0 Å². The summed E-state index contributed by atoms with van der Waals surface area (Å²) in [6.07, 6.45) is 1.42. The Hall–Kier alpha value is -1.86. The van der Waals surface area contributed by atoms with Crippen molar-refractivity contribution in [2.45, 2.75) is 25.3 Å². The van der Waals surface area contributed by atoms with Crippen molar-refractivity contribution in [2.75, 3.05) is 13.7 Å². The number of amides is 3. The summed E-state index contributed by atoms with van der Waals surface area (Å²) in [6, 6.07) is 5.71. The number of aliphatic hydroxyl groups excluding tert-OH is 1. The highest BCUT2D eigenvalue weighted by molar-refractivity contribution is 7.59. The first-order chi connectivity index (χ1) is 10.1. The third-order valence-electron chi connectivity index (χ3n) is 3.57. The number of aliphatic hydroxyl groups is 1. The van der Waals surface area contributed by atoms with Gasteiger partial charge in [-0.25, -0.2) is 0 Å². The fraction of sp³-hybridized carbons (Fsp3) is 0.400. The largest absolute Gasteiger partial charge is 0.396 e. The van der Waals surface area contributed by atoms with E-state index in [0.717, 1.165) is 4.90 Å². The molecule has 3 amide bonds. The van der Waals surface area contributed by atoms with E-state index in [9.17, 15) is 14.4 Å². The second kappa shape index (κ2) is 7.95. The molecule has 7 heteroatoms. The number of benzene rings is 1. The summed E-state index contributed by atoms with van der Waals surface area (Å²) in [5, 5.41) is 11.3. The van der Waals surface area contributed by atoms with Gasteiger partial charge in [-0.1, -0.05) is 12.1 Å². The van der Waals surface area contributed by atoms with Crippen LogP contribution in [0.1, 0.15) is 40.0 Å². The Kier molecular flexibility index (Phi) is 6.58. The molecule has 1 aromatic carbocycles. The third-order valence-corrected chi connectivity index (χ3v) is 3.57. The van der Waals surface area contributed by atoms with Crippen molar-refractivity contribution in [2.24, 2.45) is 0 Å². The van der Waals surface area contributed by atoms with Crippen LogP contribution in [0.3, 0.4) is 0 Å². The van der Waals surface area contributed by atoms with Gasteiger partial charge >= 0.3 is 0 Å². The number of unbranched alkanes of at least 4 members (excludes halogenated alkanes) is 1. The summed E-state index contributed by atoms with van der Waals surface area (Å²) in [7, 11) is 1.47. The monoisotopic (exact) mass is 324 g/mol. The van der Waals surface area contributed by atoms with Gasteiger partial charge in [0.15, 0.2) is 0 Å². The number of nitrogens with one attached hydrogen (secondary N) is 1. The number of hydrogen-bond acceptors (Lipinski definition) is 4. The Balaban J connectivity index is 0.00000242. The van der Waals surface area contributed by atoms with E-state index in [1.54, 1.807) is 24.3 Å². The Morgan fingerprint density at radius 1 is 1.18 bits per heavy atom. The van der Waals surface area contributed by atoms with Gasteiger partial charge < -0.3 is 10.4 Å². The predicted octanol–water partition coefficient (Wildman–Crippen LogP) is 0.673. The van der Waals surface area contributed by atoms with Crippen molar-refractivity contribution in [1.82, 2.24) is 10.2 Å². The first kappa shape index (κ1) is 18.2. The van der Waals surface area contributed by atoms with Gasteiger partial charge in [0.05, 0.1) is 11.1 Å². The molecule has 6 nitrogen and oxygen atoms in total.